The Kier molecular flexibility index (Phi) is 2.54. The zero-order valence-corrected chi connectivity index (χ0v) is 6.15. The van der Waals surface area contributed by atoms with Crippen molar-refractivity contribution in [2.75, 3.05) is 7.11 Å². The summed E-state index contributed by atoms with van der Waals surface area (Å²) in [6.45, 7) is 0.108. The molecule has 0 aliphatic heterocycles. The molecule has 1 aromatic rings. The molecule has 0 N–H and O–H groups in total. The molecular weight excluding hydrogens is 144 g/mol. The van der Waals surface area contributed by atoms with Gasteiger partial charge in [-0.1, -0.05) is 11.2 Å². The summed E-state index contributed by atoms with van der Waals surface area (Å²) in [5.74, 6) is 0.465. The van der Waals surface area contributed by atoms with Crippen molar-refractivity contribution >= 4 is 0 Å². The Labute approximate surface area is 64.2 Å². The smallest absolute Gasteiger partial charge is 0.218 e. The Balaban J connectivity index is 2.92. The number of nitrogens with zero attached hydrogens (tertiary/aromatic N) is 2. The van der Waals surface area contributed by atoms with Gasteiger partial charge in [-0.05, 0) is 6.07 Å². The molecule has 0 aliphatic rings. The van der Waals surface area contributed by atoms with Crippen LogP contribution in [0.5, 0.6) is 5.88 Å². The molecule has 0 unspecified atom stereocenters. The predicted molar refractivity (Wildman–Crippen MR) is 40.3 cm³/mol. The lowest BCUT2D eigenvalue weighted by molar-refractivity contribution is 0.392. The monoisotopic (exact) mass is 152 g/mol. The quantitative estimate of drug-likeness (QED) is 0.614. The van der Waals surface area contributed by atoms with Crippen LogP contribution in [0.1, 0.15) is 5.56 Å². The van der Waals surface area contributed by atoms with Gasteiger partial charge in [-0.25, -0.2) is 4.98 Å². The first-order valence-electron chi connectivity index (χ1n) is 3.15. The molecule has 1 aromatic heterocycles. The summed E-state index contributed by atoms with van der Waals surface area (Å²) < 4.78 is 4.89. The Bertz CT molecular complexity index is 250. The zero-order chi connectivity index (χ0) is 8.10. The van der Waals surface area contributed by atoms with Gasteiger partial charge in [-0.2, -0.15) is 4.91 Å². The van der Waals surface area contributed by atoms with Crippen LogP contribution in [-0.4, -0.2) is 12.1 Å². The van der Waals surface area contributed by atoms with Crippen LogP contribution in [0.25, 0.3) is 0 Å². The molecule has 0 aliphatic carbocycles. The van der Waals surface area contributed by atoms with Crippen LogP contribution in [0.4, 0.5) is 0 Å². The van der Waals surface area contributed by atoms with Crippen LogP contribution in [0.3, 0.4) is 0 Å². The van der Waals surface area contributed by atoms with E-state index in [0.29, 0.717) is 11.4 Å². The molecule has 0 saturated carbocycles. The van der Waals surface area contributed by atoms with Gasteiger partial charge in [0.1, 0.15) is 6.54 Å². The van der Waals surface area contributed by atoms with Crippen molar-refractivity contribution in [3.63, 3.8) is 0 Å². The minimum atomic E-state index is 0.108. The molecule has 0 spiro atoms. The van der Waals surface area contributed by atoms with Crippen molar-refractivity contribution in [1.82, 2.24) is 4.98 Å². The summed E-state index contributed by atoms with van der Waals surface area (Å²) in [4.78, 5) is 13.8. The summed E-state index contributed by atoms with van der Waals surface area (Å²) in [5.41, 5.74) is 0.713. The second-order valence-corrected chi connectivity index (χ2v) is 1.96. The number of hydrogen-bond acceptors (Lipinski definition) is 4. The first-order chi connectivity index (χ1) is 5.38. The Morgan fingerprint density at radius 1 is 1.73 bits per heavy atom. The van der Waals surface area contributed by atoms with Gasteiger partial charge in [-0.15, -0.1) is 0 Å². The van der Waals surface area contributed by atoms with Crippen LogP contribution in [0, 0.1) is 4.91 Å². The maximum atomic E-state index is 9.91. The van der Waals surface area contributed by atoms with Crippen LogP contribution in [-0.2, 0) is 6.54 Å². The molecule has 0 saturated heterocycles. The zero-order valence-electron chi connectivity index (χ0n) is 6.15. The van der Waals surface area contributed by atoms with Crippen molar-refractivity contribution in [3.8, 4) is 5.88 Å². The number of ether oxygens (including phenoxy) is 1. The molecule has 0 bridgehead atoms. The third-order valence-electron chi connectivity index (χ3n) is 1.28. The first-order valence-corrected chi connectivity index (χ1v) is 3.15. The van der Waals surface area contributed by atoms with E-state index < -0.39 is 0 Å². The third kappa shape index (κ3) is 1.73. The molecule has 1 heterocycles. The van der Waals surface area contributed by atoms with E-state index in [1.165, 1.54) is 7.11 Å². The van der Waals surface area contributed by atoms with Crippen molar-refractivity contribution in [2.45, 2.75) is 6.54 Å². The molecule has 58 valence electrons. The lowest BCUT2D eigenvalue weighted by Gasteiger charge is -2.01. The minimum absolute atomic E-state index is 0.108. The van der Waals surface area contributed by atoms with E-state index in [1.807, 2.05) is 0 Å². The predicted octanol–water partition coefficient (Wildman–Crippen LogP) is 1.36. The molecule has 11 heavy (non-hydrogen) atoms. The van der Waals surface area contributed by atoms with Crippen LogP contribution >= 0.6 is 0 Å². The van der Waals surface area contributed by atoms with Crippen molar-refractivity contribution in [2.24, 2.45) is 5.18 Å². The van der Waals surface area contributed by atoms with Gasteiger partial charge in [0.2, 0.25) is 5.88 Å². The SMILES string of the molecule is COc1ncccc1CN=O. The van der Waals surface area contributed by atoms with Crippen molar-refractivity contribution in [3.05, 3.63) is 28.8 Å². The highest BCUT2D eigenvalue weighted by molar-refractivity contribution is 5.24. The summed E-state index contributed by atoms with van der Waals surface area (Å²) >= 11 is 0. The molecule has 0 amide bonds. The highest BCUT2D eigenvalue weighted by Gasteiger charge is 2.00. The van der Waals surface area contributed by atoms with E-state index in [0.717, 1.165) is 0 Å². The van der Waals surface area contributed by atoms with Gasteiger partial charge in [0.15, 0.2) is 0 Å². The van der Waals surface area contributed by atoms with Gasteiger partial charge in [0, 0.05) is 11.8 Å². The molecule has 0 aromatic carbocycles. The van der Waals surface area contributed by atoms with Crippen LogP contribution in [0.2, 0.25) is 0 Å². The average Bonchev–Trinajstić information content (AvgIpc) is 2.06. The largest absolute Gasteiger partial charge is 0.481 e. The van der Waals surface area contributed by atoms with Crippen LogP contribution in [0.15, 0.2) is 23.5 Å². The molecule has 1 rings (SSSR count). The third-order valence-corrected chi connectivity index (χ3v) is 1.28. The topological polar surface area (TPSA) is 51.6 Å². The van der Waals surface area contributed by atoms with E-state index >= 15 is 0 Å². The molecule has 0 radical (unpaired) electrons. The summed E-state index contributed by atoms with van der Waals surface area (Å²) in [6.07, 6.45) is 1.60. The van der Waals surface area contributed by atoms with Gasteiger partial charge >= 0.3 is 0 Å². The molecular formula is C7H8N2O2. The number of pyridine rings is 1. The van der Waals surface area contributed by atoms with E-state index in [2.05, 4.69) is 10.2 Å². The van der Waals surface area contributed by atoms with Crippen molar-refractivity contribution in [1.29, 1.82) is 0 Å². The Hall–Kier alpha value is -1.45. The fourth-order valence-electron chi connectivity index (χ4n) is 0.798. The maximum Gasteiger partial charge on any atom is 0.218 e. The number of nitroso groups, excluding NO2 is 1. The Morgan fingerprint density at radius 3 is 3.18 bits per heavy atom. The minimum Gasteiger partial charge on any atom is -0.481 e. The first kappa shape index (κ1) is 7.65. The normalized spacial score (nSPS) is 9.18. The van der Waals surface area contributed by atoms with E-state index in [4.69, 9.17) is 4.74 Å². The lowest BCUT2D eigenvalue weighted by Crippen LogP contribution is -1.92. The van der Waals surface area contributed by atoms with Gasteiger partial charge in [0.05, 0.1) is 7.11 Å². The number of aromatic nitrogens is 1. The molecule has 0 fully saturated rings. The summed E-state index contributed by atoms with van der Waals surface area (Å²) in [7, 11) is 1.51. The highest BCUT2D eigenvalue weighted by atomic mass is 16.5. The Morgan fingerprint density at radius 2 is 2.55 bits per heavy atom. The number of methoxy groups -OCH3 is 1. The fraction of sp³-hybridized carbons (Fsp3) is 0.286. The molecule has 4 nitrogen and oxygen atoms in total. The van der Waals surface area contributed by atoms with E-state index in [9.17, 15) is 4.91 Å². The summed E-state index contributed by atoms with van der Waals surface area (Å²) in [5, 5.41) is 2.74. The molecule has 4 heteroatoms. The molecule has 0 atom stereocenters. The van der Waals surface area contributed by atoms with Gasteiger partial charge in [0.25, 0.3) is 0 Å². The average molecular weight is 152 g/mol. The highest BCUT2D eigenvalue weighted by Crippen LogP contribution is 2.13. The second kappa shape index (κ2) is 3.65. The van der Waals surface area contributed by atoms with Gasteiger partial charge < -0.3 is 4.74 Å². The summed E-state index contributed by atoms with van der Waals surface area (Å²) in [6, 6.07) is 3.50. The maximum absolute atomic E-state index is 9.91. The van der Waals surface area contributed by atoms with Crippen LogP contribution < -0.4 is 4.74 Å². The van der Waals surface area contributed by atoms with E-state index in [-0.39, 0.29) is 6.54 Å². The van der Waals surface area contributed by atoms with Gasteiger partial charge in [-0.3, -0.25) is 0 Å². The number of rotatable bonds is 3. The fourth-order valence-corrected chi connectivity index (χ4v) is 0.798. The lowest BCUT2D eigenvalue weighted by atomic mass is 10.3. The standard InChI is InChI=1S/C7H8N2O2/c1-11-7-6(5-9-10)3-2-4-8-7/h2-4H,5H2,1H3. The number of hydrogen-bond donors (Lipinski definition) is 0. The second-order valence-electron chi connectivity index (χ2n) is 1.96. The van der Waals surface area contributed by atoms with Crippen molar-refractivity contribution < 1.29 is 4.74 Å². The van der Waals surface area contributed by atoms with E-state index in [1.54, 1.807) is 18.3 Å².